The molecule has 0 spiro atoms. The average Bonchev–Trinajstić information content (AvgIpc) is 2.78. The van der Waals surface area contributed by atoms with E-state index in [9.17, 15) is 13.2 Å². The van der Waals surface area contributed by atoms with Gasteiger partial charge in [0.2, 0.25) is 0 Å². The maximum atomic E-state index is 13.6. The third kappa shape index (κ3) is 5.60. The minimum absolute atomic E-state index is 0.0926. The Bertz CT molecular complexity index is 1190. The van der Waals surface area contributed by atoms with Crippen LogP contribution in [0.2, 0.25) is 0 Å². The number of ether oxygens (including phenoxy) is 2. The fourth-order valence-corrected chi connectivity index (χ4v) is 4.98. The van der Waals surface area contributed by atoms with Crippen molar-refractivity contribution in [3.05, 3.63) is 81.4 Å². The van der Waals surface area contributed by atoms with Gasteiger partial charge in [0.05, 0.1) is 31.3 Å². The Hall–Kier alpha value is -2.59. The molecular formula is C24H24INO5S. The third-order valence-electron chi connectivity index (χ3n) is 4.90. The first kappa shape index (κ1) is 24.1. The van der Waals surface area contributed by atoms with E-state index in [-0.39, 0.29) is 29.3 Å². The van der Waals surface area contributed by atoms with Gasteiger partial charge in [-0.15, -0.1) is 0 Å². The number of methoxy groups -OCH3 is 2. The fourth-order valence-electron chi connectivity index (χ4n) is 3.17. The van der Waals surface area contributed by atoms with Crippen LogP contribution in [0.4, 0.5) is 5.69 Å². The highest BCUT2D eigenvalue weighted by molar-refractivity contribution is 14.1. The van der Waals surface area contributed by atoms with Gasteiger partial charge < -0.3 is 9.47 Å². The van der Waals surface area contributed by atoms with Crippen molar-refractivity contribution in [3.8, 4) is 11.5 Å². The summed E-state index contributed by atoms with van der Waals surface area (Å²) in [6.07, 6.45) is 0.114. The van der Waals surface area contributed by atoms with Crippen molar-refractivity contribution in [3.63, 3.8) is 0 Å². The second kappa shape index (κ2) is 10.4. The number of hydrogen-bond acceptors (Lipinski definition) is 5. The van der Waals surface area contributed by atoms with Gasteiger partial charge in [0.25, 0.3) is 10.0 Å². The van der Waals surface area contributed by atoms with Crippen LogP contribution in [0, 0.1) is 10.5 Å². The molecule has 168 valence electrons. The predicted molar refractivity (Wildman–Crippen MR) is 133 cm³/mol. The van der Waals surface area contributed by atoms with Crippen LogP contribution < -0.4 is 13.8 Å². The maximum absolute atomic E-state index is 13.6. The van der Waals surface area contributed by atoms with Gasteiger partial charge in [0, 0.05) is 16.1 Å². The first-order chi connectivity index (χ1) is 15.2. The molecule has 32 heavy (non-hydrogen) atoms. The molecular weight excluding hydrogens is 541 g/mol. The molecule has 0 saturated heterocycles. The molecule has 3 aromatic rings. The Morgan fingerprint density at radius 3 is 2.19 bits per heavy atom. The molecule has 0 radical (unpaired) electrons. The normalized spacial score (nSPS) is 11.1. The number of aryl methyl sites for hydroxylation is 1. The van der Waals surface area contributed by atoms with Gasteiger partial charge in [-0.1, -0.05) is 29.8 Å². The fraction of sp³-hybridized carbons (Fsp3) is 0.208. The highest BCUT2D eigenvalue weighted by atomic mass is 127. The van der Waals surface area contributed by atoms with Crippen molar-refractivity contribution in [1.29, 1.82) is 0 Å². The van der Waals surface area contributed by atoms with Crippen LogP contribution in [0.25, 0.3) is 0 Å². The molecule has 0 heterocycles. The average molecular weight is 565 g/mol. The number of halogens is 1. The van der Waals surface area contributed by atoms with E-state index in [1.807, 2.05) is 31.2 Å². The first-order valence-electron chi connectivity index (χ1n) is 9.82. The zero-order chi connectivity index (χ0) is 23.3. The Kier molecular flexibility index (Phi) is 7.78. The molecule has 0 aliphatic carbocycles. The topological polar surface area (TPSA) is 72.9 Å². The Balaban J connectivity index is 2.04. The number of benzene rings is 3. The van der Waals surface area contributed by atoms with Crippen molar-refractivity contribution in [1.82, 2.24) is 0 Å². The summed E-state index contributed by atoms with van der Waals surface area (Å²) in [5.41, 5.74) is 1.99. The predicted octanol–water partition coefficient (Wildman–Crippen LogP) is 4.62. The number of sulfonamides is 1. The van der Waals surface area contributed by atoms with Crippen molar-refractivity contribution < 1.29 is 22.7 Å². The van der Waals surface area contributed by atoms with Crippen LogP contribution in [0.5, 0.6) is 11.5 Å². The molecule has 0 aliphatic heterocycles. The SMILES string of the molecule is COc1ccc(OC)c(N(CC(=O)Cc2ccc(I)cc2)S(=O)(=O)c2ccc(C)cc2)c1. The van der Waals surface area contributed by atoms with Crippen LogP contribution in [-0.4, -0.2) is 35.0 Å². The monoisotopic (exact) mass is 565 g/mol. The lowest BCUT2D eigenvalue weighted by Gasteiger charge is -2.26. The van der Waals surface area contributed by atoms with E-state index in [0.29, 0.717) is 11.5 Å². The van der Waals surface area contributed by atoms with E-state index < -0.39 is 10.0 Å². The van der Waals surface area contributed by atoms with Crippen molar-refractivity contribution in [2.24, 2.45) is 0 Å². The van der Waals surface area contributed by atoms with Crippen LogP contribution in [0.3, 0.4) is 0 Å². The number of carbonyl (C=O) groups is 1. The van der Waals surface area contributed by atoms with Crippen molar-refractivity contribution in [2.45, 2.75) is 18.2 Å². The molecule has 3 aromatic carbocycles. The smallest absolute Gasteiger partial charge is 0.264 e. The molecule has 3 rings (SSSR count). The van der Waals surface area contributed by atoms with E-state index in [2.05, 4.69) is 22.6 Å². The summed E-state index contributed by atoms with van der Waals surface area (Å²) in [6, 6.07) is 18.9. The highest BCUT2D eigenvalue weighted by Gasteiger charge is 2.30. The van der Waals surface area contributed by atoms with Gasteiger partial charge in [0.1, 0.15) is 11.5 Å². The van der Waals surface area contributed by atoms with E-state index >= 15 is 0 Å². The van der Waals surface area contributed by atoms with Crippen LogP contribution in [0.15, 0.2) is 71.6 Å². The van der Waals surface area contributed by atoms with E-state index in [4.69, 9.17) is 9.47 Å². The summed E-state index contributed by atoms with van der Waals surface area (Å²) >= 11 is 2.19. The van der Waals surface area contributed by atoms with E-state index in [1.54, 1.807) is 30.3 Å². The molecule has 0 saturated carbocycles. The molecule has 0 aliphatic rings. The zero-order valence-electron chi connectivity index (χ0n) is 18.0. The third-order valence-corrected chi connectivity index (χ3v) is 7.39. The zero-order valence-corrected chi connectivity index (χ0v) is 21.0. The second-order valence-corrected chi connectivity index (χ2v) is 10.3. The highest BCUT2D eigenvalue weighted by Crippen LogP contribution is 2.35. The number of nitrogens with zero attached hydrogens (tertiary/aromatic N) is 1. The number of ketones is 1. The Morgan fingerprint density at radius 1 is 0.938 bits per heavy atom. The largest absolute Gasteiger partial charge is 0.497 e. The standard InChI is InChI=1S/C24H24INO5S/c1-17-4-11-22(12-5-17)32(28,29)26(23-15-21(30-2)10-13-24(23)31-3)16-20(27)14-18-6-8-19(25)9-7-18/h4-13,15H,14,16H2,1-3H3. The van der Waals surface area contributed by atoms with E-state index in [0.717, 1.165) is 19.0 Å². The van der Waals surface area contributed by atoms with Gasteiger partial charge in [-0.05, 0) is 71.5 Å². The molecule has 0 bridgehead atoms. The Morgan fingerprint density at radius 2 is 1.59 bits per heavy atom. The number of rotatable bonds is 9. The lowest BCUT2D eigenvalue weighted by Crippen LogP contribution is -2.36. The van der Waals surface area contributed by atoms with Crippen molar-refractivity contribution >= 4 is 44.1 Å². The van der Waals surface area contributed by atoms with Gasteiger partial charge in [-0.2, -0.15) is 0 Å². The number of anilines is 1. The molecule has 0 amide bonds. The minimum Gasteiger partial charge on any atom is -0.497 e. The van der Waals surface area contributed by atoms with Gasteiger partial charge in [-0.25, -0.2) is 8.42 Å². The molecule has 0 atom stereocenters. The number of carbonyl (C=O) groups excluding carboxylic acids is 1. The maximum Gasteiger partial charge on any atom is 0.264 e. The van der Waals surface area contributed by atoms with Crippen molar-refractivity contribution in [2.75, 3.05) is 25.1 Å². The molecule has 0 unspecified atom stereocenters. The summed E-state index contributed by atoms with van der Waals surface area (Å²) in [4.78, 5) is 13.1. The summed E-state index contributed by atoms with van der Waals surface area (Å²) < 4.78 is 40.1. The van der Waals surface area contributed by atoms with Crippen LogP contribution in [-0.2, 0) is 21.2 Å². The van der Waals surface area contributed by atoms with Gasteiger partial charge in [0.15, 0.2) is 5.78 Å². The first-order valence-corrected chi connectivity index (χ1v) is 12.3. The molecule has 6 nitrogen and oxygen atoms in total. The minimum atomic E-state index is -4.05. The van der Waals surface area contributed by atoms with Gasteiger partial charge in [-0.3, -0.25) is 9.10 Å². The Labute approximate surface area is 202 Å². The molecule has 0 aromatic heterocycles. The number of hydrogen-bond donors (Lipinski definition) is 0. The second-order valence-electron chi connectivity index (χ2n) is 7.20. The summed E-state index contributed by atoms with van der Waals surface area (Å²) in [6.45, 7) is 1.54. The summed E-state index contributed by atoms with van der Waals surface area (Å²) in [5.74, 6) is 0.533. The quantitative estimate of drug-likeness (QED) is 0.354. The van der Waals surface area contributed by atoms with Crippen LogP contribution >= 0.6 is 22.6 Å². The van der Waals surface area contributed by atoms with Gasteiger partial charge >= 0.3 is 0 Å². The summed E-state index contributed by atoms with van der Waals surface area (Å²) in [7, 11) is -1.10. The summed E-state index contributed by atoms with van der Waals surface area (Å²) in [5, 5.41) is 0. The van der Waals surface area contributed by atoms with Crippen LogP contribution in [0.1, 0.15) is 11.1 Å². The van der Waals surface area contributed by atoms with E-state index in [1.165, 1.54) is 26.4 Å². The lowest BCUT2D eigenvalue weighted by atomic mass is 10.1. The molecule has 0 fully saturated rings. The molecule has 0 N–H and O–H groups in total. The number of Topliss-reactive ketones (excluding diaryl/α,β-unsaturated/α-hetero) is 1. The lowest BCUT2D eigenvalue weighted by molar-refractivity contribution is -0.117. The molecule has 8 heteroatoms.